The topological polar surface area (TPSA) is 57.9 Å². The summed E-state index contributed by atoms with van der Waals surface area (Å²) in [6.07, 6.45) is 5.05. The molecule has 0 aliphatic carbocycles. The van der Waals surface area contributed by atoms with Gasteiger partial charge in [0.25, 0.3) is 0 Å². The lowest BCUT2D eigenvalue weighted by Gasteiger charge is -2.29. The van der Waals surface area contributed by atoms with Gasteiger partial charge >= 0.3 is 5.63 Å². The molecule has 0 radical (unpaired) electrons. The molecule has 0 N–H and O–H groups in total. The van der Waals surface area contributed by atoms with Gasteiger partial charge in [-0.1, -0.05) is 81.3 Å². The normalized spacial score (nSPS) is 17.4. The molecule has 5 rings (SSSR count). The molecule has 0 atom stereocenters. The van der Waals surface area contributed by atoms with Crippen molar-refractivity contribution in [2.24, 2.45) is 5.92 Å². The number of benzene rings is 3. The van der Waals surface area contributed by atoms with E-state index >= 15 is 4.39 Å². The van der Waals surface area contributed by atoms with Crippen molar-refractivity contribution in [2.75, 3.05) is 19.8 Å². The second-order valence-electron chi connectivity index (χ2n) is 10.2. The largest absolute Gasteiger partial charge is 0.490 e. The second-order valence-corrected chi connectivity index (χ2v) is 10.2. The Balaban J connectivity index is 1.21. The van der Waals surface area contributed by atoms with Crippen LogP contribution in [0.2, 0.25) is 0 Å². The Kier molecular flexibility index (Phi) is 8.74. The van der Waals surface area contributed by atoms with E-state index in [1.54, 1.807) is 18.2 Å². The summed E-state index contributed by atoms with van der Waals surface area (Å²) >= 11 is 0. The lowest BCUT2D eigenvalue weighted by Crippen LogP contribution is -2.31. The van der Waals surface area contributed by atoms with Crippen LogP contribution in [0.1, 0.15) is 56.1 Å². The van der Waals surface area contributed by atoms with E-state index in [1.807, 2.05) is 24.3 Å². The summed E-state index contributed by atoms with van der Waals surface area (Å²) in [5.74, 6) is -0.360. The molecular weight excluding hydrogens is 495 g/mol. The fourth-order valence-electron chi connectivity index (χ4n) is 4.86. The standard InChI is InChI=1S/C33H35FO5/c1-3-5-7-23-10-14-26(15-11-23)33-37-20-24(21-38-33)19-36-28-17-16-27-18-29(39-32(35)30(27)31(28)34)25-12-8-22(6-4-2)9-13-25/h8-18,24,33H,3-7,19-21H2,1-2H3. The highest BCUT2D eigenvalue weighted by Crippen LogP contribution is 2.30. The van der Waals surface area contributed by atoms with Crippen LogP contribution >= 0.6 is 0 Å². The third-order valence-electron chi connectivity index (χ3n) is 7.12. The van der Waals surface area contributed by atoms with Crippen LogP contribution in [0.25, 0.3) is 22.1 Å². The Bertz CT molecular complexity index is 1430. The number of aryl methyl sites for hydroxylation is 2. The number of hydrogen-bond acceptors (Lipinski definition) is 5. The zero-order valence-electron chi connectivity index (χ0n) is 22.6. The fraction of sp³-hybridized carbons (Fsp3) is 0.364. The van der Waals surface area contributed by atoms with Crippen molar-refractivity contribution in [3.63, 3.8) is 0 Å². The van der Waals surface area contributed by atoms with Gasteiger partial charge in [-0.25, -0.2) is 9.18 Å². The first-order valence-electron chi connectivity index (χ1n) is 13.9. The molecule has 4 aromatic rings. The quantitative estimate of drug-likeness (QED) is 0.211. The van der Waals surface area contributed by atoms with E-state index in [0.29, 0.717) is 24.4 Å². The van der Waals surface area contributed by atoms with Gasteiger partial charge in [0, 0.05) is 17.0 Å². The Morgan fingerprint density at radius 2 is 1.56 bits per heavy atom. The van der Waals surface area contributed by atoms with Crippen molar-refractivity contribution in [1.82, 2.24) is 0 Å². The number of halogens is 1. The van der Waals surface area contributed by atoms with Gasteiger partial charge in [0.2, 0.25) is 0 Å². The summed E-state index contributed by atoms with van der Waals surface area (Å²) in [4.78, 5) is 12.8. The van der Waals surface area contributed by atoms with E-state index in [2.05, 4.69) is 38.1 Å². The number of fused-ring (bicyclic) bond motifs is 1. The smallest absolute Gasteiger partial charge is 0.347 e. The van der Waals surface area contributed by atoms with Gasteiger partial charge in [-0.3, -0.25) is 0 Å². The Hall–Kier alpha value is -3.48. The van der Waals surface area contributed by atoms with Crippen molar-refractivity contribution in [3.05, 3.63) is 99.7 Å². The number of unbranched alkanes of at least 4 members (excludes halogenated alkanes) is 1. The average molecular weight is 531 g/mol. The zero-order chi connectivity index (χ0) is 27.2. The highest BCUT2D eigenvalue weighted by molar-refractivity contribution is 5.86. The molecule has 39 heavy (non-hydrogen) atoms. The summed E-state index contributed by atoms with van der Waals surface area (Å²) < 4.78 is 38.4. The average Bonchev–Trinajstić information content (AvgIpc) is 2.96. The van der Waals surface area contributed by atoms with Crippen molar-refractivity contribution in [2.45, 2.75) is 52.2 Å². The number of rotatable bonds is 10. The van der Waals surface area contributed by atoms with E-state index in [1.165, 1.54) is 24.0 Å². The third kappa shape index (κ3) is 6.40. The lowest BCUT2D eigenvalue weighted by atomic mass is 10.0. The van der Waals surface area contributed by atoms with Crippen molar-refractivity contribution >= 4 is 10.8 Å². The Morgan fingerprint density at radius 1 is 0.872 bits per heavy atom. The predicted octanol–water partition coefficient (Wildman–Crippen LogP) is 7.63. The van der Waals surface area contributed by atoms with E-state index in [-0.39, 0.29) is 23.7 Å². The molecule has 1 aromatic heterocycles. The first kappa shape index (κ1) is 27.1. The molecule has 1 aliphatic rings. The summed E-state index contributed by atoms with van der Waals surface area (Å²) in [7, 11) is 0. The van der Waals surface area contributed by atoms with E-state index < -0.39 is 17.7 Å². The molecule has 1 aliphatic heterocycles. The third-order valence-corrected chi connectivity index (χ3v) is 7.12. The molecule has 0 spiro atoms. The highest BCUT2D eigenvalue weighted by atomic mass is 19.1. The van der Waals surface area contributed by atoms with Crippen LogP contribution < -0.4 is 10.4 Å². The van der Waals surface area contributed by atoms with Gasteiger partial charge in [-0.2, -0.15) is 0 Å². The molecule has 3 aromatic carbocycles. The molecule has 0 unspecified atom stereocenters. The monoisotopic (exact) mass is 530 g/mol. The van der Waals surface area contributed by atoms with E-state index in [0.717, 1.165) is 30.4 Å². The molecule has 0 amide bonds. The first-order chi connectivity index (χ1) is 19.1. The second kappa shape index (κ2) is 12.6. The minimum absolute atomic E-state index is 0.0104. The maximum absolute atomic E-state index is 15.3. The zero-order valence-corrected chi connectivity index (χ0v) is 22.6. The minimum Gasteiger partial charge on any atom is -0.490 e. The fourth-order valence-corrected chi connectivity index (χ4v) is 4.86. The lowest BCUT2D eigenvalue weighted by molar-refractivity contribution is -0.208. The van der Waals surface area contributed by atoms with Gasteiger partial charge in [0.05, 0.1) is 19.8 Å². The van der Waals surface area contributed by atoms with Gasteiger partial charge < -0.3 is 18.6 Å². The van der Waals surface area contributed by atoms with Crippen molar-refractivity contribution in [1.29, 1.82) is 0 Å². The maximum atomic E-state index is 15.3. The van der Waals surface area contributed by atoms with Crippen LogP contribution in [0, 0.1) is 11.7 Å². The van der Waals surface area contributed by atoms with Crippen LogP contribution in [-0.4, -0.2) is 19.8 Å². The Morgan fingerprint density at radius 3 is 2.26 bits per heavy atom. The van der Waals surface area contributed by atoms with Crippen LogP contribution in [0.5, 0.6) is 5.75 Å². The molecule has 2 heterocycles. The SMILES string of the molecule is CCCCc1ccc(C2OCC(COc3ccc4cc(-c5ccc(CCC)cc5)oc(=O)c4c3F)CO2)cc1. The molecular formula is C33H35FO5. The van der Waals surface area contributed by atoms with E-state index in [9.17, 15) is 4.79 Å². The molecule has 5 nitrogen and oxygen atoms in total. The summed E-state index contributed by atoms with van der Waals surface area (Å²) in [6.45, 7) is 5.38. The molecule has 1 fully saturated rings. The van der Waals surface area contributed by atoms with Gasteiger partial charge in [-0.15, -0.1) is 0 Å². The molecule has 0 bridgehead atoms. The Labute approximate surface area is 228 Å². The highest BCUT2D eigenvalue weighted by Gasteiger charge is 2.25. The van der Waals surface area contributed by atoms with Crippen LogP contribution in [-0.2, 0) is 22.3 Å². The van der Waals surface area contributed by atoms with Crippen LogP contribution in [0.4, 0.5) is 4.39 Å². The minimum atomic E-state index is -0.726. The van der Waals surface area contributed by atoms with Crippen LogP contribution in [0.15, 0.2) is 75.9 Å². The van der Waals surface area contributed by atoms with Gasteiger partial charge in [0.15, 0.2) is 17.9 Å². The molecule has 0 saturated carbocycles. The maximum Gasteiger partial charge on any atom is 0.347 e. The molecule has 6 heteroatoms. The predicted molar refractivity (Wildman–Crippen MR) is 151 cm³/mol. The van der Waals surface area contributed by atoms with Crippen molar-refractivity contribution in [3.8, 4) is 17.1 Å². The number of ether oxygens (including phenoxy) is 3. The summed E-state index contributed by atoms with van der Waals surface area (Å²) in [5, 5.41) is 0.356. The van der Waals surface area contributed by atoms with Gasteiger partial charge in [-0.05, 0) is 47.9 Å². The summed E-state index contributed by atoms with van der Waals surface area (Å²) in [6, 6.07) is 21.2. The van der Waals surface area contributed by atoms with E-state index in [4.69, 9.17) is 18.6 Å². The van der Waals surface area contributed by atoms with Crippen molar-refractivity contribution < 1.29 is 23.0 Å². The molecule has 204 valence electrons. The number of hydrogen-bond donors (Lipinski definition) is 0. The van der Waals surface area contributed by atoms with Gasteiger partial charge in [0.1, 0.15) is 11.1 Å². The first-order valence-corrected chi connectivity index (χ1v) is 13.9. The molecule has 1 saturated heterocycles. The summed E-state index contributed by atoms with van der Waals surface area (Å²) in [5.41, 5.74) is 3.57. The van der Waals surface area contributed by atoms with Crippen LogP contribution in [0.3, 0.4) is 0 Å².